The van der Waals surface area contributed by atoms with E-state index in [-0.39, 0.29) is 24.0 Å². The van der Waals surface area contributed by atoms with Gasteiger partial charge in [0.25, 0.3) is 0 Å². The molecule has 0 bridgehead atoms. The lowest BCUT2D eigenvalue weighted by Crippen LogP contribution is -2.39. The van der Waals surface area contributed by atoms with E-state index >= 15 is 0 Å². The summed E-state index contributed by atoms with van der Waals surface area (Å²) in [5.74, 6) is 2.06. The zero-order valence-electron chi connectivity index (χ0n) is 16.1. The number of para-hydroxylation sites is 1. The van der Waals surface area contributed by atoms with Gasteiger partial charge < -0.3 is 15.4 Å². The van der Waals surface area contributed by atoms with Crippen molar-refractivity contribution in [1.29, 1.82) is 0 Å². The smallest absolute Gasteiger partial charge is 0.191 e. The summed E-state index contributed by atoms with van der Waals surface area (Å²) in [6, 6.07) is 8.13. The van der Waals surface area contributed by atoms with Crippen LogP contribution in [0.15, 0.2) is 29.3 Å². The van der Waals surface area contributed by atoms with Crippen LogP contribution in [0.5, 0.6) is 5.75 Å². The average molecular weight is 488 g/mol. The number of guanidine groups is 1. The first kappa shape index (κ1) is 22.7. The van der Waals surface area contributed by atoms with Gasteiger partial charge in [-0.25, -0.2) is 4.98 Å². The Labute approximate surface area is 177 Å². The van der Waals surface area contributed by atoms with Crippen molar-refractivity contribution < 1.29 is 4.74 Å². The van der Waals surface area contributed by atoms with E-state index in [0.29, 0.717) is 5.92 Å². The van der Waals surface area contributed by atoms with Gasteiger partial charge in [-0.1, -0.05) is 25.1 Å². The predicted octanol–water partition coefficient (Wildman–Crippen LogP) is 3.90. The van der Waals surface area contributed by atoms with E-state index in [4.69, 9.17) is 4.74 Å². The highest BCUT2D eigenvalue weighted by Crippen LogP contribution is 2.25. The van der Waals surface area contributed by atoms with E-state index in [9.17, 15) is 0 Å². The third-order valence-electron chi connectivity index (χ3n) is 4.17. The summed E-state index contributed by atoms with van der Waals surface area (Å²) in [5, 5.41) is 7.91. The average Bonchev–Trinajstić information content (AvgIpc) is 2.95. The van der Waals surface area contributed by atoms with Crippen molar-refractivity contribution in [1.82, 2.24) is 15.6 Å². The summed E-state index contributed by atoms with van der Waals surface area (Å²) in [5.41, 5.74) is 2.33. The Hall–Kier alpha value is -1.35. The molecule has 2 N–H and O–H groups in total. The van der Waals surface area contributed by atoms with Crippen LogP contribution in [0.4, 0.5) is 0 Å². The van der Waals surface area contributed by atoms with Crippen molar-refractivity contribution in [2.75, 3.05) is 27.2 Å². The number of nitrogens with zero attached hydrogens (tertiary/aromatic N) is 2. The second-order valence-electron chi connectivity index (χ2n) is 6.02. The third-order valence-corrected chi connectivity index (χ3v) is 5.31. The van der Waals surface area contributed by atoms with Gasteiger partial charge in [0, 0.05) is 37.4 Å². The summed E-state index contributed by atoms with van der Waals surface area (Å²) in [7, 11) is 3.50. The SMILES string of the molecule is CN=C(NCCc1nc(C)c(C)s1)NCC(C)c1ccccc1OC.I. The lowest BCUT2D eigenvalue weighted by molar-refractivity contribution is 0.406. The number of aliphatic imine (C=N–C) groups is 1. The fraction of sp³-hybridized carbons (Fsp3) is 0.474. The lowest BCUT2D eigenvalue weighted by Gasteiger charge is -2.18. The number of hydrogen-bond donors (Lipinski definition) is 2. The monoisotopic (exact) mass is 488 g/mol. The minimum absolute atomic E-state index is 0. The van der Waals surface area contributed by atoms with Gasteiger partial charge in [0.2, 0.25) is 0 Å². The van der Waals surface area contributed by atoms with E-state index in [1.54, 1.807) is 25.5 Å². The quantitative estimate of drug-likeness (QED) is 0.353. The summed E-state index contributed by atoms with van der Waals surface area (Å²) in [6.45, 7) is 7.95. The largest absolute Gasteiger partial charge is 0.496 e. The maximum atomic E-state index is 5.45. The summed E-state index contributed by atoms with van der Waals surface area (Å²) in [6.07, 6.45) is 0.905. The van der Waals surface area contributed by atoms with Gasteiger partial charge in [-0.15, -0.1) is 35.3 Å². The molecular weight excluding hydrogens is 459 g/mol. The molecule has 2 aromatic rings. The number of hydrogen-bond acceptors (Lipinski definition) is 4. The van der Waals surface area contributed by atoms with Crippen molar-refractivity contribution in [3.05, 3.63) is 45.4 Å². The Balaban J connectivity index is 0.00000338. The second kappa shape index (κ2) is 11.4. The molecule has 0 aliphatic heterocycles. The molecule has 1 aromatic carbocycles. The summed E-state index contributed by atoms with van der Waals surface area (Å²) in [4.78, 5) is 10.2. The van der Waals surface area contributed by atoms with Crippen LogP contribution >= 0.6 is 35.3 Å². The molecule has 0 amide bonds. The first-order valence-corrected chi connectivity index (χ1v) is 9.37. The minimum Gasteiger partial charge on any atom is -0.496 e. The Morgan fingerprint density at radius 3 is 2.62 bits per heavy atom. The van der Waals surface area contributed by atoms with Crippen molar-refractivity contribution in [2.24, 2.45) is 4.99 Å². The van der Waals surface area contributed by atoms with Crippen LogP contribution < -0.4 is 15.4 Å². The number of methoxy groups -OCH3 is 1. The van der Waals surface area contributed by atoms with E-state index in [0.717, 1.165) is 36.9 Å². The zero-order valence-corrected chi connectivity index (χ0v) is 19.3. The first-order chi connectivity index (χ1) is 12.0. The van der Waals surface area contributed by atoms with Crippen LogP contribution in [0.1, 0.15) is 34.0 Å². The fourth-order valence-corrected chi connectivity index (χ4v) is 3.52. The lowest BCUT2D eigenvalue weighted by atomic mass is 10.0. The minimum atomic E-state index is 0. The normalized spacial score (nSPS) is 12.3. The molecule has 1 atom stereocenters. The van der Waals surface area contributed by atoms with E-state index in [1.165, 1.54) is 15.4 Å². The van der Waals surface area contributed by atoms with E-state index < -0.39 is 0 Å². The van der Waals surface area contributed by atoms with Crippen LogP contribution in [-0.2, 0) is 6.42 Å². The number of thiazole rings is 1. The zero-order chi connectivity index (χ0) is 18.2. The molecule has 5 nitrogen and oxygen atoms in total. The number of aryl methyl sites for hydroxylation is 2. The molecule has 144 valence electrons. The fourth-order valence-electron chi connectivity index (χ4n) is 2.59. The van der Waals surface area contributed by atoms with Crippen molar-refractivity contribution in [2.45, 2.75) is 33.1 Å². The van der Waals surface area contributed by atoms with Crippen molar-refractivity contribution >= 4 is 41.3 Å². The van der Waals surface area contributed by atoms with Gasteiger partial charge in [-0.2, -0.15) is 0 Å². The van der Waals surface area contributed by atoms with Crippen molar-refractivity contribution in [3.63, 3.8) is 0 Å². The number of rotatable bonds is 7. The number of benzene rings is 1. The molecule has 0 spiro atoms. The molecule has 1 aromatic heterocycles. The highest BCUT2D eigenvalue weighted by Gasteiger charge is 2.11. The molecule has 7 heteroatoms. The molecule has 1 unspecified atom stereocenters. The Morgan fingerprint density at radius 2 is 2.00 bits per heavy atom. The Morgan fingerprint density at radius 1 is 1.27 bits per heavy atom. The van der Waals surface area contributed by atoms with Gasteiger partial charge in [0.05, 0.1) is 17.8 Å². The molecule has 0 radical (unpaired) electrons. The second-order valence-corrected chi connectivity index (χ2v) is 7.31. The van der Waals surface area contributed by atoms with Crippen LogP contribution in [0, 0.1) is 13.8 Å². The predicted molar refractivity (Wildman–Crippen MR) is 121 cm³/mol. The first-order valence-electron chi connectivity index (χ1n) is 8.55. The molecule has 0 aliphatic rings. The molecule has 0 saturated heterocycles. The van der Waals surface area contributed by atoms with Crippen molar-refractivity contribution in [3.8, 4) is 5.75 Å². The molecule has 26 heavy (non-hydrogen) atoms. The van der Waals surface area contributed by atoms with Crippen LogP contribution in [0.25, 0.3) is 0 Å². The Kier molecular flexibility index (Phi) is 9.93. The van der Waals surface area contributed by atoms with Crippen LogP contribution in [0.3, 0.4) is 0 Å². The Bertz CT molecular complexity index is 698. The summed E-state index contributed by atoms with van der Waals surface area (Å²) >= 11 is 1.77. The number of ether oxygens (including phenoxy) is 1. The summed E-state index contributed by atoms with van der Waals surface area (Å²) < 4.78 is 5.45. The molecule has 0 saturated carbocycles. The standard InChI is InChI=1S/C19H28N4OS.HI/c1-13(16-8-6-7-9-17(16)24-5)12-22-19(20-4)21-11-10-18-23-14(2)15(3)25-18;/h6-9,13H,10-12H2,1-5H3,(H2,20,21,22);1H. The maximum absolute atomic E-state index is 5.45. The van der Waals surface area contributed by atoms with Gasteiger partial charge in [-0.3, -0.25) is 4.99 Å². The topological polar surface area (TPSA) is 58.5 Å². The van der Waals surface area contributed by atoms with Gasteiger partial charge >= 0.3 is 0 Å². The molecule has 1 heterocycles. The molecule has 0 aliphatic carbocycles. The number of aromatic nitrogens is 1. The van der Waals surface area contributed by atoms with E-state index in [2.05, 4.69) is 47.4 Å². The highest BCUT2D eigenvalue weighted by atomic mass is 127. The molecular formula is C19H29IN4OS. The number of nitrogens with one attached hydrogen (secondary N) is 2. The number of halogens is 1. The van der Waals surface area contributed by atoms with Gasteiger partial charge in [-0.05, 0) is 25.5 Å². The van der Waals surface area contributed by atoms with Gasteiger partial charge in [0.15, 0.2) is 5.96 Å². The highest BCUT2D eigenvalue weighted by molar-refractivity contribution is 14.0. The molecule has 2 rings (SSSR count). The van der Waals surface area contributed by atoms with Gasteiger partial charge in [0.1, 0.15) is 5.75 Å². The third kappa shape index (κ3) is 6.42. The molecule has 0 fully saturated rings. The van der Waals surface area contributed by atoms with Crippen LogP contribution in [-0.4, -0.2) is 38.2 Å². The van der Waals surface area contributed by atoms with E-state index in [1.807, 2.05) is 18.2 Å². The maximum Gasteiger partial charge on any atom is 0.191 e. The van der Waals surface area contributed by atoms with Crippen LogP contribution in [0.2, 0.25) is 0 Å².